The van der Waals surface area contributed by atoms with Gasteiger partial charge in [0.1, 0.15) is 30.2 Å². The van der Waals surface area contributed by atoms with E-state index in [1.807, 2.05) is 13.8 Å². The number of hydrogen-bond donors (Lipinski definition) is 5. The molecule has 29 heavy (non-hydrogen) atoms. The van der Waals surface area contributed by atoms with E-state index in [2.05, 4.69) is 6.92 Å². The molecule has 0 bridgehead atoms. The van der Waals surface area contributed by atoms with Gasteiger partial charge in [-0.2, -0.15) is 0 Å². The summed E-state index contributed by atoms with van der Waals surface area (Å²) in [5, 5.41) is 50.4. The molecule has 4 rings (SSSR count). The summed E-state index contributed by atoms with van der Waals surface area (Å²) in [5.74, 6) is -0.137. The van der Waals surface area contributed by atoms with Crippen LogP contribution in [0.25, 0.3) is 0 Å². The zero-order valence-corrected chi connectivity index (χ0v) is 17.1. The van der Waals surface area contributed by atoms with E-state index in [4.69, 9.17) is 9.47 Å². The van der Waals surface area contributed by atoms with Gasteiger partial charge in [-0.05, 0) is 30.3 Å². The second-order valence-corrected chi connectivity index (χ2v) is 9.97. The zero-order chi connectivity index (χ0) is 21.3. The maximum atomic E-state index is 13.0. The molecule has 1 heterocycles. The summed E-state index contributed by atoms with van der Waals surface area (Å²) < 4.78 is 11.1. The molecular weight excluding hydrogens is 380 g/mol. The lowest BCUT2D eigenvalue weighted by Gasteiger charge is -2.54. The standard InChI is InChI=1S/C21H32O8/c1-20(2)6-9-13(18(20)27)21(3)5-4-11(21)10(14(9)23)8-28-19-17(26)16(25)15(24)12(7-22)29-19/h9,12-17,19,22-26H,4-8H2,1-3H3/t9-,12-,13-,14+,15-,16+,17-,19-,21+/m1/s1. The number of aliphatic hydroxyl groups excluding tert-OH is 5. The van der Waals surface area contributed by atoms with Gasteiger partial charge in [0.05, 0.1) is 19.3 Å². The van der Waals surface area contributed by atoms with Crippen molar-refractivity contribution < 1.29 is 39.8 Å². The van der Waals surface area contributed by atoms with Crippen LogP contribution in [0.1, 0.15) is 40.0 Å². The van der Waals surface area contributed by atoms with E-state index in [1.165, 1.54) is 0 Å². The van der Waals surface area contributed by atoms with Gasteiger partial charge in [-0.25, -0.2) is 0 Å². The number of Topliss-reactive ketones (excluding diaryl/α,β-unsaturated/α-hetero) is 1. The van der Waals surface area contributed by atoms with Crippen LogP contribution in [-0.2, 0) is 14.3 Å². The first kappa shape index (κ1) is 21.4. The molecule has 1 aliphatic heterocycles. The third-order valence-electron chi connectivity index (χ3n) is 7.80. The summed E-state index contributed by atoms with van der Waals surface area (Å²) in [4.78, 5) is 13.0. The van der Waals surface area contributed by atoms with Gasteiger partial charge in [0.15, 0.2) is 6.29 Å². The van der Waals surface area contributed by atoms with Crippen molar-refractivity contribution in [2.75, 3.05) is 13.2 Å². The molecule has 0 aromatic carbocycles. The van der Waals surface area contributed by atoms with Crippen molar-refractivity contribution in [3.63, 3.8) is 0 Å². The molecule has 0 radical (unpaired) electrons. The number of fused-ring (bicyclic) bond motifs is 3. The van der Waals surface area contributed by atoms with Crippen LogP contribution in [0, 0.1) is 22.7 Å². The highest BCUT2D eigenvalue weighted by Gasteiger charge is 2.63. The molecule has 4 aliphatic rings. The number of carbonyl (C=O) groups is 1. The molecule has 3 fully saturated rings. The van der Waals surface area contributed by atoms with Gasteiger partial charge in [0, 0.05) is 17.3 Å². The van der Waals surface area contributed by atoms with Crippen LogP contribution in [0.3, 0.4) is 0 Å². The Labute approximate surface area is 170 Å². The Morgan fingerprint density at radius 1 is 1.10 bits per heavy atom. The van der Waals surface area contributed by atoms with Gasteiger partial charge < -0.3 is 35.0 Å². The van der Waals surface area contributed by atoms with Crippen LogP contribution in [0.4, 0.5) is 0 Å². The molecule has 8 heteroatoms. The van der Waals surface area contributed by atoms with E-state index < -0.39 is 48.8 Å². The highest BCUT2D eigenvalue weighted by atomic mass is 16.7. The molecule has 9 atom stereocenters. The number of allylic oxidation sites excluding steroid dienone is 1. The fourth-order valence-electron chi connectivity index (χ4n) is 5.98. The van der Waals surface area contributed by atoms with Crippen molar-refractivity contribution in [2.24, 2.45) is 22.7 Å². The Bertz CT molecular complexity index is 715. The lowest BCUT2D eigenvalue weighted by molar-refractivity contribution is -0.299. The Morgan fingerprint density at radius 3 is 2.38 bits per heavy atom. The minimum absolute atomic E-state index is 0.00732. The van der Waals surface area contributed by atoms with Crippen LogP contribution in [0.15, 0.2) is 11.1 Å². The molecule has 8 nitrogen and oxygen atoms in total. The normalized spacial score (nSPS) is 48.9. The van der Waals surface area contributed by atoms with Crippen molar-refractivity contribution in [2.45, 2.75) is 76.8 Å². The summed E-state index contributed by atoms with van der Waals surface area (Å²) in [5.41, 5.74) is 1.03. The Hall–Kier alpha value is -0.870. The third-order valence-corrected chi connectivity index (χ3v) is 7.80. The number of hydrogen-bond acceptors (Lipinski definition) is 8. The maximum absolute atomic E-state index is 13.0. The summed E-state index contributed by atoms with van der Waals surface area (Å²) in [6, 6.07) is 0. The molecular formula is C21H32O8. The first-order valence-corrected chi connectivity index (χ1v) is 10.4. The molecule has 5 N–H and O–H groups in total. The highest BCUT2D eigenvalue weighted by molar-refractivity contribution is 5.90. The number of ether oxygens (including phenoxy) is 2. The van der Waals surface area contributed by atoms with E-state index in [9.17, 15) is 30.3 Å². The lowest BCUT2D eigenvalue weighted by Crippen LogP contribution is -2.59. The molecule has 0 aromatic rings. The monoisotopic (exact) mass is 412 g/mol. The highest BCUT2D eigenvalue weighted by Crippen LogP contribution is 2.64. The quantitative estimate of drug-likeness (QED) is 0.390. The first-order valence-electron chi connectivity index (χ1n) is 10.4. The van der Waals surface area contributed by atoms with Crippen LogP contribution < -0.4 is 0 Å². The third kappa shape index (κ3) is 3.04. The van der Waals surface area contributed by atoms with Crippen LogP contribution in [0.5, 0.6) is 0 Å². The van der Waals surface area contributed by atoms with Gasteiger partial charge in [-0.3, -0.25) is 4.79 Å². The fourth-order valence-corrected chi connectivity index (χ4v) is 5.98. The zero-order valence-electron chi connectivity index (χ0n) is 17.1. The van der Waals surface area contributed by atoms with E-state index in [1.54, 1.807) is 0 Å². The van der Waals surface area contributed by atoms with Crippen molar-refractivity contribution >= 4 is 5.78 Å². The van der Waals surface area contributed by atoms with Gasteiger partial charge in [0.25, 0.3) is 0 Å². The molecule has 0 amide bonds. The molecule has 0 unspecified atom stereocenters. The summed E-state index contributed by atoms with van der Waals surface area (Å²) >= 11 is 0. The topological polar surface area (TPSA) is 137 Å². The average Bonchev–Trinajstić information content (AvgIpc) is 2.91. The summed E-state index contributed by atoms with van der Waals surface area (Å²) in [6.07, 6.45) is -5.23. The van der Waals surface area contributed by atoms with Gasteiger partial charge in [-0.1, -0.05) is 26.3 Å². The smallest absolute Gasteiger partial charge is 0.187 e. The number of carbonyl (C=O) groups excluding carboxylic acids is 1. The molecule has 2 saturated carbocycles. The van der Waals surface area contributed by atoms with E-state index in [-0.39, 0.29) is 29.6 Å². The summed E-state index contributed by atoms with van der Waals surface area (Å²) in [7, 11) is 0. The van der Waals surface area contributed by atoms with Crippen LogP contribution >= 0.6 is 0 Å². The second kappa shape index (κ2) is 7.09. The van der Waals surface area contributed by atoms with Crippen molar-refractivity contribution in [1.82, 2.24) is 0 Å². The van der Waals surface area contributed by atoms with Crippen LogP contribution in [-0.4, -0.2) is 81.3 Å². The SMILES string of the molecule is CC1(C)C[C@H]2[C@H](O)C(CO[C@@H]3O[C@H](CO)[C@@H](O)[C@H](O)[C@H]3O)=C3CC[C@]3(C)[C@H]2C1=O. The Morgan fingerprint density at radius 2 is 1.79 bits per heavy atom. The minimum Gasteiger partial charge on any atom is -0.394 e. The van der Waals surface area contributed by atoms with Crippen LogP contribution in [0.2, 0.25) is 0 Å². The van der Waals surface area contributed by atoms with Gasteiger partial charge >= 0.3 is 0 Å². The van der Waals surface area contributed by atoms with Crippen molar-refractivity contribution in [3.05, 3.63) is 11.1 Å². The van der Waals surface area contributed by atoms with Crippen molar-refractivity contribution in [1.29, 1.82) is 0 Å². The van der Waals surface area contributed by atoms with E-state index in [0.29, 0.717) is 6.42 Å². The van der Waals surface area contributed by atoms with Gasteiger partial charge in [0.2, 0.25) is 0 Å². The summed E-state index contributed by atoms with van der Waals surface area (Å²) in [6.45, 7) is 5.42. The molecule has 1 saturated heterocycles. The average molecular weight is 412 g/mol. The number of rotatable bonds is 4. The number of aliphatic hydroxyl groups is 5. The van der Waals surface area contributed by atoms with E-state index >= 15 is 0 Å². The largest absolute Gasteiger partial charge is 0.394 e. The second-order valence-electron chi connectivity index (χ2n) is 9.97. The predicted octanol–water partition coefficient (Wildman–Crippen LogP) is -0.495. The maximum Gasteiger partial charge on any atom is 0.187 e. The first-order chi connectivity index (χ1) is 13.5. The molecule has 164 valence electrons. The Kier molecular flexibility index (Phi) is 5.22. The predicted molar refractivity (Wildman–Crippen MR) is 100 cm³/mol. The Balaban J connectivity index is 1.55. The minimum atomic E-state index is -1.51. The van der Waals surface area contributed by atoms with Crippen molar-refractivity contribution in [3.8, 4) is 0 Å². The van der Waals surface area contributed by atoms with E-state index in [0.717, 1.165) is 24.0 Å². The fraction of sp³-hybridized carbons (Fsp3) is 0.857. The van der Waals surface area contributed by atoms with Gasteiger partial charge in [-0.15, -0.1) is 0 Å². The lowest BCUT2D eigenvalue weighted by atomic mass is 9.50. The molecule has 3 aliphatic carbocycles. The molecule has 0 aromatic heterocycles. The number of ketones is 1. The molecule has 0 spiro atoms.